The summed E-state index contributed by atoms with van der Waals surface area (Å²) in [5.41, 5.74) is 1.48. The lowest BCUT2D eigenvalue weighted by atomic mass is 10.2. The highest BCUT2D eigenvalue weighted by Crippen LogP contribution is 2.30. The monoisotopic (exact) mass is 310 g/mol. The Morgan fingerprint density at radius 1 is 1.19 bits per heavy atom. The van der Waals surface area contributed by atoms with Gasteiger partial charge in [0.2, 0.25) is 0 Å². The van der Waals surface area contributed by atoms with Gasteiger partial charge in [0.25, 0.3) is 5.69 Å². The molecule has 0 amide bonds. The minimum Gasteiger partial charge on any atom is -0.388 e. The summed E-state index contributed by atoms with van der Waals surface area (Å²) < 4.78 is 26.0. The molecule has 0 unspecified atom stereocenters. The van der Waals surface area contributed by atoms with Gasteiger partial charge in [0.05, 0.1) is 4.92 Å². The van der Waals surface area contributed by atoms with E-state index in [0.29, 0.717) is 10.6 Å². The fourth-order valence-corrected chi connectivity index (χ4v) is 2.70. The van der Waals surface area contributed by atoms with E-state index in [2.05, 4.69) is 5.32 Å². The van der Waals surface area contributed by atoms with Crippen molar-refractivity contribution in [1.29, 1.82) is 0 Å². The molecule has 2 aromatic carbocycles. The van der Waals surface area contributed by atoms with E-state index in [4.69, 9.17) is 0 Å². The summed E-state index contributed by atoms with van der Waals surface area (Å²) in [4.78, 5) is 10.9. The van der Waals surface area contributed by atoms with Crippen LogP contribution in [0.4, 0.5) is 20.2 Å². The fraction of sp³-hybridized carbons (Fsp3) is 0.143. The van der Waals surface area contributed by atoms with Gasteiger partial charge in [-0.05, 0) is 29.8 Å². The second-order valence-electron chi connectivity index (χ2n) is 4.21. The minimum atomic E-state index is -0.909. The van der Waals surface area contributed by atoms with Gasteiger partial charge in [-0.2, -0.15) is 0 Å². The van der Waals surface area contributed by atoms with E-state index in [-0.39, 0.29) is 5.69 Å². The van der Waals surface area contributed by atoms with E-state index in [0.717, 1.165) is 23.4 Å². The van der Waals surface area contributed by atoms with Crippen molar-refractivity contribution in [2.75, 3.05) is 12.4 Å². The van der Waals surface area contributed by atoms with E-state index < -0.39 is 16.6 Å². The number of hydrogen-bond donors (Lipinski definition) is 1. The number of nitro benzene ring substituents is 1. The number of thioether (sulfide) groups is 1. The number of hydrogen-bond acceptors (Lipinski definition) is 4. The summed E-state index contributed by atoms with van der Waals surface area (Å²) in [6.45, 7) is 0. The Bertz CT molecular complexity index is 680. The largest absolute Gasteiger partial charge is 0.388 e. The van der Waals surface area contributed by atoms with Gasteiger partial charge in [-0.1, -0.05) is 0 Å². The van der Waals surface area contributed by atoms with Crippen molar-refractivity contribution in [3.63, 3.8) is 0 Å². The van der Waals surface area contributed by atoms with Gasteiger partial charge in [0.15, 0.2) is 11.6 Å². The predicted octanol–water partition coefficient (Wildman–Crippen LogP) is 4.21. The molecule has 0 bridgehead atoms. The molecule has 0 radical (unpaired) electrons. The van der Waals surface area contributed by atoms with E-state index in [1.165, 1.54) is 30.0 Å². The predicted molar refractivity (Wildman–Crippen MR) is 78.6 cm³/mol. The Hall–Kier alpha value is -2.15. The third-order valence-corrected chi connectivity index (χ3v) is 3.90. The van der Waals surface area contributed by atoms with Gasteiger partial charge in [-0.15, -0.1) is 11.8 Å². The Kier molecular flexibility index (Phi) is 4.74. The van der Waals surface area contributed by atoms with Gasteiger partial charge in [-0.25, -0.2) is 8.78 Å². The molecule has 0 spiro atoms. The van der Waals surface area contributed by atoms with E-state index >= 15 is 0 Å². The Morgan fingerprint density at radius 3 is 2.57 bits per heavy atom. The summed E-state index contributed by atoms with van der Waals surface area (Å²) in [6.07, 6.45) is 0. The summed E-state index contributed by atoms with van der Waals surface area (Å²) in [5.74, 6) is -1.40. The molecule has 2 aromatic rings. The van der Waals surface area contributed by atoms with Crippen LogP contribution in [0.2, 0.25) is 0 Å². The molecule has 0 heterocycles. The Morgan fingerprint density at radius 2 is 1.95 bits per heavy atom. The number of halogens is 2. The maximum absolute atomic E-state index is 13.1. The van der Waals surface area contributed by atoms with Crippen LogP contribution >= 0.6 is 11.8 Å². The Labute approximate surface area is 124 Å². The van der Waals surface area contributed by atoms with Crippen molar-refractivity contribution in [2.24, 2.45) is 0 Å². The molecule has 0 aromatic heterocycles. The van der Waals surface area contributed by atoms with Crippen LogP contribution in [-0.2, 0) is 5.75 Å². The molecule has 0 saturated carbocycles. The molecule has 21 heavy (non-hydrogen) atoms. The van der Waals surface area contributed by atoms with Crippen LogP contribution in [0, 0.1) is 21.7 Å². The molecular formula is C14H12F2N2O2S. The SMILES string of the molecule is CNc1ccc([N+](=O)[O-])cc1CSc1ccc(F)c(F)c1. The molecule has 0 aliphatic carbocycles. The number of nitrogens with one attached hydrogen (secondary N) is 1. The van der Waals surface area contributed by atoms with Crippen LogP contribution < -0.4 is 5.32 Å². The van der Waals surface area contributed by atoms with Crippen molar-refractivity contribution < 1.29 is 13.7 Å². The maximum Gasteiger partial charge on any atom is 0.269 e. The van der Waals surface area contributed by atoms with Crippen molar-refractivity contribution in [3.05, 3.63) is 63.7 Å². The average molecular weight is 310 g/mol. The summed E-state index contributed by atoms with van der Waals surface area (Å²) in [6, 6.07) is 8.15. The van der Waals surface area contributed by atoms with E-state index in [1.54, 1.807) is 13.1 Å². The molecule has 0 saturated heterocycles. The molecule has 7 heteroatoms. The lowest BCUT2D eigenvalue weighted by Crippen LogP contribution is -1.97. The number of non-ortho nitro benzene ring substituents is 1. The number of nitro groups is 1. The minimum absolute atomic E-state index is 0.00473. The summed E-state index contributed by atoms with van der Waals surface area (Å²) >= 11 is 1.28. The summed E-state index contributed by atoms with van der Waals surface area (Å²) in [7, 11) is 1.72. The fourth-order valence-electron chi connectivity index (χ4n) is 1.78. The van der Waals surface area contributed by atoms with Gasteiger partial charge in [0.1, 0.15) is 0 Å². The second kappa shape index (κ2) is 6.53. The van der Waals surface area contributed by atoms with Crippen LogP contribution in [0.5, 0.6) is 0 Å². The highest BCUT2D eigenvalue weighted by molar-refractivity contribution is 7.98. The van der Waals surface area contributed by atoms with E-state index in [9.17, 15) is 18.9 Å². The van der Waals surface area contributed by atoms with Gasteiger partial charge in [-0.3, -0.25) is 10.1 Å². The van der Waals surface area contributed by atoms with Gasteiger partial charge in [0, 0.05) is 35.5 Å². The first-order valence-corrected chi connectivity index (χ1v) is 7.02. The third-order valence-electron chi connectivity index (χ3n) is 2.85. The normalized spacial score (nSPS) is 10.4. The molecule has 4 nitrogen and oxygen atoms in total. The van der Waals surface area contributed by atoms with Gasteiger partial charge < -0.3 is 5.32 Å². The molecular weight excluding hydrogens is 298 g/mol. The quantitative estimate of drug-likeness (QED) is 0.511. The lowest BCUT2D eigenvalue weighted by Gasteiger charge is -2.09. The zero-order chi connectivity index (χ0) is 15.4. The number of nitrogens with zero attached hydrogens (tertiary/aromatic N) is 1. The molecule has 1 N–H and O–H groups in total. The first-order valence-electron chi connectivity index (χ1n) is 6.04. The highest BCUT2D eigenvalue weighted by Gasteiger charge is 2.11. The lowest BCUT2D eigenvalue weighted by molar-refractivity contribution is -0.384. The average Bonchev–Trinajstić information content (AvgIpc) is 2.48. The topological polar surface area (TPSA) is 55.2 Å². The van der Waals surface area contributed by atoms with E-state index in [1.807, 2.05) is 0 Å². The maximum atomic E-state index is 13.1. The second-order valence-corrected chi connectivity index (χ2v) is 5.26. The highest BCUT2D eigenvalue weighted by atomic mass is 32.2. The number of benzene rings is 2. The van der Waals surface area contributed by atoms with Crippen LogP contribution in [-0.4, -0.2) is 12.0 Å². The smallest absolute Gasteiger partial charge is 0.269 e. The van der Waals surface area contributed by atoms with Crippen molar-refractivity contribution in [3.8, 4) is 0 Å². The van der Waals surface area contributed by atoms with Crippen molar-refractivity contribution in [1.82, 2.24) is 0 Å². The Balaban J connectivity index is 2.19. The zero-order valence-electron chi connectivity index (χ0n) is 11.1. The summed E-state index contributed by atoms with van der Waals surface area (Å²) in [5, 5.41) is 13.7. The van der Waals surface area contributed by atoms with Crippen LogP contribution in [0.3, 0.4) is 0 Å². The number of anilines is 1. The molecule has 0 fully saturated rings. The molecule has 110 valence electrons. The molecule has 0 aliphatic heterocycles. The van der Waals surface area contributed by atoms with Crippen LogP contribution in [0.15, 0.2) is 41.3 Å². The first-order chi connectivity index (χ1) is 10.0. The first kappa shape index (κ1) is 15.2. The van der Waals surface area contributed by atoms with Gasteiger partial charge >= 0.3 is 0 Å². The van der Waals surface area contributed by atoms with Crippen molar-refractivity contribution in [2.45, 2.75) is 10.6 Å². The molecule has 0 aliphatic rings. The number of rotatable bonds is 5. The third kappa shape index (κ3) is 3.69. The standard InChI is InChI=1S/C14H12F2N2O2S/c1-17-14-5-2-10(18(19)20)6-9(14)8-21-11-3-4-12(15)13(16)7-11/h2-7,17H,8H2,1H3. The molecule has 0 atom stereocenters. The van der Waals surface area contributed by atoms with Crippen LogP contribution in [0.1, 0.15) is 5.56 Å². The van der Waals surface area contributed by atoms with Crippen LogP contribution in [0.25, 0.3) is 0 Å². The zero-order valence-corrected chi connectivity index (χ0v) is 11.9. The molecule has 2 rings (SSSR count). The van der Waals surface area contributed by atoms with Crippen molar-refractivity contribution >= 4 is 23.1 Å².